The Morgan fingerprint density at radius 1 is 0.848 bits per heavy atom. The maximum Gasteiger partial charge on any atom is 0.179 e. The Morgan fingerprint density at radius 2 is 1.52 bits per heavy atom. The first-order valence-electron chi connectivity index (χ1n) is 13.4. The lowest BCUT2D eigenvalue weighted by atomic mass is 9.92. The van der Waals surface area contributed by atoms with Crippen LogP contribution in [0.3, 0.4) is 0 Å². The molecule has 0 heterocycles. The fourth-order valence-corrected chi connectivity index (χ4v) is 4.55. The summed E-state index contributed by atoms with van der Waals surface area (Å²) >= 11 is 0. The van der Waals surface area contributed by atoms with E-state index >= 15 is 0 Å². The second kappa shape index (κ2) is 16.8. The Kier molecular flexibility index (Phi) is 14.0. The smallest absolute Gasteiger partial charge is 0.179 e. The van der Waals surface area contributed by atoms with E-state index < -0.39 is 6.04 Å². The molecule has 4 nitrogen and oxygen atoms in total. The number of benzene rings is 2. The van der Waals surface area contributed by atoms with Crippen LogP contribution in [0.2, 0.25) is 0 Å². The lowest BCUT2D eigenvalue weighted by Crippen LogP contribution is -2.32. The molecular weight excluding hydrogens is 406 g/mol. The van der Waals surface area contributed by atoms with Gasteiger partial charge in [0.1, 0.15) is 0 Å². The summed E-state index contributed by atoms with van der Waals surface area (Å²) in [4.78, 5) is 13.1. The summed E-state index contributed by atoms with van der Waals surface area (Å²) in [6.45, 7) is 4.60. The molecule has 0 radical (unpaired) electrons. The van der Waals surface area contributed by atoms with Crippen LogP contribution in [0.4, 0.5) is 0 Å². The molecule has 0 unspecified atom stereocenters. The molecule has 2 aromatic carbocycles. The number of hydrogen-bond donors (Lipinski definition) is 3. The van der Waals surface area contributed by atoms with Crippen LogP contribution in [0.5, 0.6) is 0 Å². The van der Waals surface area contributed by atoms with E-state index in [9.17, 15) is 4.79 Å². The van der Waals surface area contributed by atoms with Crippen LogP contribution >= 0.6 is 0 Å². The molecule has 184 valence electrons. The van der Waals surface area contributed by atoms with E-state index in [0.717, 1.165) is 35.9 Å². The zero-order chi connectivity index (χ0) is 23.7. The van der Waals surface area contributed by atoms with Crippen LogP contribution in [0.15, 0.2) is 36.4 Å². The van der Waals surface area contributed by atoms with Crippen molar-refractivity contribution in [3.05, 3.63) is 47.5 Å². The van der Waals surface area contributed by atoms with Gasteiger partial charge in [0.2, 0.25) is 0 Å². The number of nitrogens with two attached hydrogens (primary N) is 2. The lowest BCUT2D eigenvalue weighted by Gasteiger charge is -2.17. The maximum atomic E-state index is 13.1. The summed E-state index contributed by atoms with van der Waals surface area (Å²) in [7, 11) is 0. The van der Waals surface area contributed by atoms with E-state index in [4.69, 9.17) is 11.5 Å². The molecule has 0 aromatic heterocycles. The molecule has 0 saturated heterocycles. The number of nitrogens with one attached hydrogen (secondary N) is 1. The van der Waals surface area contributed by atoms with Crippen LogP contribution < -0.4 is 16.8 Å². The van der Waals surface area contributed by atoms with E-state index in [0.29, 0.717) is 19.5 Å². The number of fused-ring (bicyclic) bond motifs is 1. The molecule has 0 spiro atoms. The SMILES string of the molecule is CCCCCCCCCCCCNCc1c(C(=O)[C@@H](N)CCCCN)ccc2ccccc12. The van der Waals surface area contributed by atoms with E-state index in [1.54, 1.807) is 0 Å². The Labute approximate surface area is 201 Å². The van der Waals surface area contributed by atoms with E-state index in [1.807, 2.05) is 24.3 Å². The first-order valence-corrected chi connectivity index (χ1v) is 13.4. The third kappa shape index (κ3) is 9.95. The van der Waals surface area contributed by atoms with Crippen LogP contribution in [0.1, 0.15) is 106 Å². The maximum absolute atomic E-state index is 13.1. The van der Waals surface area contributed by atoms with Gasteiger partial charge in [0.25, 0.3) is 0 Å². The van der Waals surface area contributed by atoms with Gasteiger partial charge in [0, 0.05) is 12.1 Å². The van der Waals surface area contributed by atoms with Crippen molar-refractivity contribution in [2.24, 2.45) is 11.5 Å². The number of ketones is 1. The average molecular weight is 454 g/mol. The van der Waals surface area contributed by atoms with Crippen molar-refractivity contribution in [2.75, 3.05) is 13.1 Å². The zero-order valence-corrected chi connectivity index (χ0v) is 20.9. The number of carbonyl (C=O) groups is 1. The Hall–Kier alpha value is -1.75. The lowest BCUT2D eigenvalue weighted by molar-refractivity contribution is 0.0955. The van der Waals surface area contributed by atoms with Crippen LogP contribution in [0.25, 0.3) is 10.8 Å². The van der Waals surface area contributed by atoms with Gasteiger partial charge >= 0.3 is 0 Å². The van der Waals surface area contributed by atoms with Crippen molar-refractivity contribution in [3.8, 4) is 0 Å². The predicted octanol–water partition coefficient (Wildman–Crippen LogP) is 6.49. The van der Waals surface area contributed by atoms with Crippen molar-refractivity contribution in [2.45, 2.75) is 103 Å². The minimum atomic E-state index is -0.460. The number of hydrogen-bond acceptors (Lipinski definition) is 4. The van der Waals surface area contributed by atoms with Gasteiger partial charge in [-0.05, 0) is 48.7 Å². The molecule has 33 heavy (non-hydrogen) atoms. The molecular formula is C29H47N3O. The largest absolute Gasteiger partial charge is 0.330 e. The van der Waals surface area contributed by atoms with Gasteiger partial charge in [0.15, 0.2) is 5.78 Å². The fourth-order valence-electron chi connectivity index (χ4n) is 4.55. The first kappa shape index (κ1) is 27.5. The summed E-state index contributed by atoms with van der Waals surface area (Å²) in [5.41, 5.74) is 13.7. The number of Topliss-reactive ketones (excluding diaryl/α,β-unsaturated/α-hetero) is 1. The second-order valence-corrected chi connectivity index (χ2v) is 9.43. The molecule has 2 aromatic rings. The van der Waals surface area contributed by atoms with Crippen LogP contribution in [0, 0.1) is 0 Å². The van der Waals surface area contributed by atoms with E-state index in [-0.39, 0.29) is 5.78 Å². The van der Waals surface area contributed by atoms with Crippen molar-refractivity contribution in [1.29, 1.82) is 0 Å². The molecule has 0 bridgehead atoms. The average Bonchev–Trinajstić information content (AvgIpc) is 2.84. The summed E-state index contributed by atoms with van der Waals surface area (Å²) in [5.74, 6) is 0.0495. The molecule has 5 N–H and O–H groups in total. The van der Waals surface area contributed by atoms with E-state index in [2.05, 4.69) is 24.4 Å². The summed E-state index contributed by atoms with van der Waals surface area (Å²) in [6, 6.07) is 11.9. The molecule has 2 rings (SSSR count). The van der Waals surface area contributed by atoms with Crippen LogP contribution in [-0.2, 0) is 6.54 Å². The van der Waals surface area contributed by atoms with Gasteiger partial charge in [0.05, 0.1) is 6.04 Å². The first-order chi connectivity index (χ1) is 16.2. The standard InChI is InChI=1S/C29H47N3O/c1-2-3-4-5-6-7-8-9-10-15-22-32-23-27-25-17-12-11-16-24(25)19-20-26(27)29(33)28(31)18-13-14-21-30/h11-12,16-17,19-20,28,32H,2-10,13-15,18,21-23,30-31H2,1H3/t28-/m0/s1. The van der Waals surface area contributed by atoms with Crippen molar-refractivity contribution in [3.63, 3.8) is 0 Å². The Morgan fingerprint density at radius 3 is 2.21 bits per heavy atom. The molecule has 0 saturated carbocycles. The van der Waals surface area contributed by atoms with E-state index in [1.165, 1.54) is 69.6 Å². The third-order valence-corrected chi connectivity index (χ3v) is 6.62. The minimum absolute atomic E-state index is 0.0495. The number of rotatable bonds is 19. The molecule has 1 atom stereocenters. The topological polar surface area (TPSA) is 81.1 Å². The van der Waals surface area contributed by atoms with Gasteiger partial charge in [-0.3, -0.25) is 4.79 Å². The van der Waals surface area contributed by atoms with Gasteiger partial charge in [-0.15, -0.1) is 0 Å². The normalized spacial score (nSPS) is 12.3. The van der Waals surface area contributed by atoms with Crippen LogP contribution in [-0.4, -0.2) is 24.9 Å². The third-order valence-electron chi connectivity index (χ3n) is 6.62. The quantitative estimate of drug-likeness (QED) is 0.168. The Bertz CT molecular complexity index is 805. The van der Waals surface area contributed by atoms with Gasteiger partial charge in [-0.1, -0.05) is 108 Å². The highest BCUT2D eigenvalue weighted by molar-refractivity contribution is 6.05. The molecule has 0 aliphatic carbocycles. The number of unbranched alkanes of at least 4 members (excludes halogenated alkanes) is 10. The second-order valence-electron chi connectivity index (χ2n) is 9.43. The zero-order valence-electron chi connectivity index (χ0n) is 20.9. The predicted molar refractivity (Wildman–Crippen MR) is 143 cm³/mol. The molecule has 0 fully saturated rings. The highest BCUT2D eigenvalue weighted by Gasteiger charge is 2.20. The van der Waals surface area contributed by atoms with Gasteiger partial charge in [-0.25, -0.2) is 0 Å². The van der Waals surface area contributed by atoms with Gasteiger partial charge < -0.3 is 16.8 Å². The Balaban J connectivity index is 1.83. The summed E-state index contributed by atoms with van der Waals surface area (Å²) in [6.07, 6.45) is 15.9. The molecule has 0 aliphatic heterocycles. The van der Waals surface area contributed by atoms with Crippen molar-refractivity contribution < 1.29 is 4.79 Å². The molecule has 0 aliphatic rings. The fraction of sp³-hybridized carbons (Fsp3) is 0.621. The number of carbonyl (C=O) groups excluding carboxylic acids is 1. The highest BCUT2D eigenvalue weighted by atomic mass is 16.1. The summed E-state index contributed by atoms with van der Waals surface area (Å²) in [5, 5.41) is 5.91. The monoisotopic (exact) mass is 453 g/mol. The summed E-state index contributed by atoms with van der Waals surface area (Å²) < 4.78 is 0. The minimum Gasteiger partial charge on any atom is -0.330 e. The van der Waals surface area contributed by atoms with Crippen molar-refractivity contribution in [1.82, 2.24) is 5.32 Å². The highest BCUT2D eigenvalue weighted by Crippen LogP contribution is 2.24. The van der Waals surface area contributed by atoms with Crippen molar-refractivity contribution >= 4 is 16.6 Å². The molecule has 0 amide bonds. The van der Waals surface area contributed by atoms with Gasteiger partial charge in [-0.2, -0.15) is 0 Å². The molecule has 4 heteroatoms.